The van der Waals surface area contributed by atoms with Crippen LogP contribution in [0.5, 0.6) is 0 Å². The van der Waals surface area contributed by atoms with E-state index < -0.39 is 5.82 Å². The summed E-state index contributed by atoms with van der Waals surface area (Å²) >= 11 is 5.93. The predicted octanol–water partition coefficient (Wildman–Crippen LogP) is 3.26. The molecule has 0 saturated carbocycles. The molecule has 0 saturated heterocycles. The molecule has 2 aromatic carbocycles. The van der Waals surface area contributed by atoms with Gasteiger partial charge in [0.25, 0.3) is 5.91 Å². The van der Waals surface area contributed by atoms with Crippen LogP contribution in [0, 0.1) is 5.82 Å². The fourth-order valence-electron chi connectivity index (χ4n) is 2.10. The van der Waals surface area contributed by atoms with E-state index in [1.165, 1.54) is 36.1 Å². The number of nitrogens with one attached hydrogen (secondary N) is 1. The van der Waals surface area contributed by atoms with Crippen LogP contribution in [-0.4, -0.2) is 24.9 Å². The number of amides is 2. The van der Waals surface area contributed by atoms with Crippen molar-refractivity contribution in [3.05, 3.63) is 64.9 Å². The quantitative estimate of drug-likeness (QED) is 0.912. The van der Waals surface area contributed by atoms with Gasteiger partial charge in [-0.3, -0.25) is 9.59 Å². The topological polar surface area (TPSA) is 49.4 Å². The maximum absolute atomic E-state index is 12.8. The zero-order chi connectivity index (χ0) is 16.8. The predicted molar refractivity (Wildman–Crippen MR) is 88.2 cm³/mol. The van der Waals surface area contributed by atoms with Gasteiger partial charge in [-0.05, 0) is 42.5 Å². The van der Waals surface area contributed by atoms with Crippen LogP contribution in [0.3, 0.4) is 0 Å². The van der Waals surface area contributed by atoms with Crippen LogP contribution in [0.25, 0.3) is 0 Å². The van der Waals surface area contributed by atoms with E-state index in [0.717, 1.165) is 0 Å². The summed E-state index contributed by atoms with van der Waals surface area (Å²) in [7, 11) is 0. The van der Waals surface area contributed by atoms with Crippen LogP contribution >= 0.6 is 11.6 Å². The Bertz CT molecular complexity index is 704. The molecule has 0 aromatic heterocycles. The van der Waals surface area contributed by atoms with E-state index in [1.54, 1.807) is 24.3 Å². The Labute approximate surface area is 138 Å². The lowest BCUT2D eigenvalue weighted by Gasteiger charge is -2.21. The fraction of sp³-hybridized carbons (Fsp3) is 0.176. The van der Waals surface area contributed by atoms with Crippen molar-refractivity contribution in [2.45, 2.75) is 6.92 Å². The Morgan fingerprint density at radius 3 is 2.48 bits per heavy atom. The summed E-state index contributed by atoms with van der Waals surface area (Å²) in [6.45, 7) is 2.02. The van der Waals surface area contributed by atoms with Crippen LogP contribution in [-0.2, 0) is 4.79 Å². The third-order valence-electron chi connectivity index (χ3n) is 3.23. The van der Waals surface area contributed by atoms with Gasteiger partial charge >= 0.3 is 0 Å². The molecule has 23 heavy (non-hydrogen) atoms. The number of carbonyl (C=O) groups excluding carboxylic acids is 2. The molecule has 2 aromatic rings. The molecule has 0 aliphatic rings. The second-order valence-corrected chi connectivity index (χ2v) is 5.35. The van der Waals surface area contributed by atoms with Crippen molar-refractivity contribution >= 4 is 29.1 Å². The molecule has 4 nitrogen and oxygen atoms in total. The second kappa shape index (κ2) is 7.74. The summed E-state index contributed by atoms with van der Waals surface area (Å²) < 4.78 is 12.8. The normalized spacial score (nSPS) is 10.2. The van der Waals surface area contributed by atoms with E-state index in [4.69, 9.17) is 11.6 Å². The van der Waals surface area contributed by atoms with Crippen LogP contribution in [0.2, 0.25) is 5.02 Å². The highest BCUT2D eigenvalue weighted by Gasteiger charge is 2.12. The molecular formula is C17H16ClFN2O2. The Morgan fingerprint density at radius 1 is 1.17 bits per heavy atom. The fourth-order valence-corrected chi connectivity index (χ4v) is 2.28. The third kappa shape index (κ3) is 4.79. The average Bonchev–Trinajstić information content (AvgIpc) is 2.51. The number of anilines is 1. The number of rotatable bonds is 5. The summed E-state index contributed by atoms with van der Waals surface area (Å²) in [6, 6.07) is 12.2. The highest BCUT2D eigenvalue weighted by Crippen LogP contribution is 2.19. The first-order valence-electron chi connectivity index (χ1n) is 7.05. The van der Waals surface area contributed by atoms with E-state index in [0.29, 0.717) is 22.8 Å². The molecular weight excluding hydrogens is 319 g/mol. The van der Waals surface area contributed by atoms with Crippen LogP contribution in [0.1, 0.15) is 17.3 Å². The maximum atomic E-state index is 12.8. The summed E-state index contributed by atoms with van der Waals surface area (Å²) in [6.07, 6.45) is 0. The van der Waals surface area contributed by atoms with Crippen LogP contribution in [0.4, 0.5) is 10.1 Å². The number of hydrogen-bond donors (Lipinski definition) is 1. The first-order chi connectivity index (χ1) is 11.0. The van der Waals surface area contributed by atoms with Gasteiger partial charge in [0.1, 0.15) is 5.82 Å². The minimum absolute atomic E-state index is 0.150. The van der Waals surface area contributed by atoms with Crippen molar-refractivity contribution in [1.82, 2.24) is 5.32 Å². The van der Waals surface area contributed by atoms with E-state index in [-0.39, 0.29) is 18.4 Å². The molecule has 0 bridgehead atoms. The molecule has 6 heteroatoms. The van der Waals surface area contributed by atoms with Crippen molar-refractivity contribution in [2.75, 3.05) is 18.0 Å². The molecule has 0 radical (unpaired) electrons. The monoisotopic (exact) mass is 334 g/mol. The zero-order valence-electron chi connectivity index (χ0n) is 12.6. The highest BCUT2D eigenvalue weighted by molar-refractivity contribution is 6.30. The molecule has 0 heterocycles. The first-order valence-corrected chi connectivity index (χ1v) is 7.42. The van der Waals surface area contributed by atoms with Gasteiger partial charge in [0.2, 0.25) is 5.91 Å². The van der Waals surface area contributed by atoms with Gasteiger partial charge in [-0.1, -0.05) is 17.7 Å². The lowest BCUT2D eigenvalue weighted by atomic mass is 10.2. The molecule has 0 atom stereocenters. The Kier molecular flexibility index (Phi) is 5.71. The third-order valence-corrected chi connectivity index (χ3v) is 3.46. The summed E-state index contributed by atoms with van der Waals surface area (Å²) in [5, 5.41) is 3.23. The van der Waals surface area contributed by atoms with Crippen molar-refractivity contribution < 1.29 is 14.0 Å². The van der Waals surface area contributed by atoms with Gasteiger partial charge in [0, 0.05) is 36.3 Å². The zero-order valence-corrected chi connectivity index (χ0v) is 13.3. The van der Waals surface area contributed by atoms with Crippen molar-refractivity contribution in [1.29, 1.82) is 0 Å². The SMILES string of the molecule is CC(=O)N(CCNC(=O)c1ccc(F)cc1)c1cccc(Cl)c1. The maximum Gasteiger partial charge on any atom is 0.251 e. The van der Waals surface area contributed by atoms with Crippen molar-refractivity contribution in [2.24, 2.45) is 0 Å². The van der Waals surface area contributed by atoms with Gasteiger partial charge in [0.15, 0.2) is 0 Å². The van der Waals surface area contributed by atoms with Gasteiger partial charge in [-0.25, -0.2) is 4.39 Å². The smallest absolute Gasteiger partial charge is 0.251 e. The lowest BCUT2D eigenvalue weighted by Crippen LogP contribution is -2.37. The molecule has 0 spiro atoms. The minimum Gasteiger partial charge on any atom is -0.350 e. The van der Waals surface area contributed by atoms with E-state index >= 15 is 0 Å². The van der Waals surface area contributed by atoms with E-state index in [2.05, 4.69) is 5.32 Å². The van der Waals surface area contributed by atoms with Gasteiger partial charge in [0.05, 0.1) is 0 Å². The lowest BCUT2D eigenvalue weighted by molar-refractivity contribution is -0.116. The van der Waals surface area contributed by atoms with Gasteiger partial charge in [-0.15, -0.1) is 0 Å². The molecule has 2 rings (SSSR count). The second-order valence-electron chi connectivity index (χ2n) is 4.91. The number of hydrogen-bond acceptors (Lipinski definition) is 2. The van der Waals surface area contributed by atoms with Gasteiger partial charge in [-0.2, -0.15) is 0 Å². The Hall–Kier alpha value is -2.40. The Morgan fingerprint density at radius 2 is 1.87 bits per heavy atom. The number of carbonyl (C=O) groups is 2. The number of nitrogens with zero attached hydrogens (tertiary/aromatic N) is 1. The molecule has 120 valence electrons. The Balaban J connectivity index is 1.96. The minimum atomic E-state index is -0.398. The summed E-state index contributed by atoms with van der Waals surface area (Å²) in [4.78, 5) is 25.2. The molecule has 0 unspecified atom stereocenters. The highest BCUT2D eigenvalue weighted by atomic mass is 35.5. The molecule has 2 amide bonds. The van der Waals surface area contributed by atoms with Gasteiger partial charge < -0.3 is 10.2 Å². The number of halogens is 2. The standard InChI is InChI=1S/C17H16ClFN2O2/c1-12(22)21(16-4-2-3-14(18)11-16)10-9-20-17(23)13-5-7-15(19)8-6-13/h2-8,11H,9-10H2,1H3,(H,20,23). The molecule has 0 aliphatic heterocycles. The average molecular weight is 335 g/mol. The molecule has 1 N–H and O–H groups in total. The molecule has 0 aliphatic carbocycles. The largest absolute Gasteiger partial charge is 0.350 e. The van der Waals surface area contributed by atoms with Crippen molar-refractivity contribution in [3.63, 3.8) is 0 Å². The van der Waals surface area contributed by atoms with Crippen molar-refractivity contribution in [3.8, 4) is 0 Å². The van der Waals surface area contributed by atoms with E-state index in [1.807, 2.05) is 0 Å². The van der Waals surface area contributed by atoms with Crippen LogP contribution < -0.4 is 10.2 Å². The number of benzene rings is 2. The first kappa shape index (κ1) is 17.0. The molecule has 0 fully saturated rings. The summed E-state index contributed by atoms with van der Waals surface area (Å²) in [5.41, 5.74) is 1.03. The summed E-state index contributed by atoms with van der Waals surface area (Å²) in [5.74, 6) is -0.867. The van der Waals surface area contributed by atoms with Crippen LogP contribution in [0.15, 0.2) is 48.5 Å². The van der Waals surface area contributed by atoms with E-state index in [9.17, 15) is 14.0 Å².